The lowest BCUT2D eigenvalue weighted by atomic mass is 10.1. The van der Waals surface area contributed by atoms with Gasteiger partial charge in [-0.3, -0.25) is 14.9 Å². The number of methoxy groups -OCH3 is 1. The molecule has 0 saturated heterocycles. The van der Waals surface area contributed by atoms with Crippen molar-refractivity contribution in [2.75, 3.05) is 19.0 Å². The Morgan fingerprint density at radius 3 is 2.57 bits per heavy atom. The van der Waals surface area contributed by atoms with Crippen molar-refractivity contribution in [2.24, 2.45) is 0 Å². The number of benzene rings is 3. The number of nitrogens with one attached hydrogen (secondary N) is 1. The van der Waals surface area contributed by atoms with Gasteiger partial charge >= 0.3 is 0 Å². The lowest BCUT2D eigenvalue weighted by Crippen LogP contribution is -2.14. The average Bonchev–Trinajstić information content (AvgIpc) is 2.87. The summed E-state index contributed by atoms with van der Waals surface area (Å²) in [7, 11) is 1.33. The molecule has 0 atom stereocenters. The Labute approximate surface area is 227 Å². The highest BCUT2D eigenvalue weighted by atomic mass is 127. The fourth-order valence-corrected chi connectivity index (χ4v) is 4.18. The molecule has 0 fully saturated rings. The van der Waals surface area contributed by atoms with E-state index < -0.39 is 10.8 Å². The zero-order valence-corrected chi connectivity index (χ0v) is 22.6. The molecular formula is C27H24IN3O6. The number of hydrogen-bond acceptors (Lipinski definition) is 7. The molecule has 1 N–H and O–H groups in total. The molecule has 3 aromatic rings. The van der Waals surface area contributed by atoms with Gasteiger partial charge in [0.1, 0.15) is 24.0 Å². The third-order valence-electron chi connectivity index (χ3n) is 5.29. The number of anilines is 1. The lowest BCUT2D eigenvalue weighted by molar-refractivity contribution is -0.384. The molecule has 0 aliphatic heterocycles. The van der Waals surface area contributed by atoms with E-state index >= 15 is 0 Å². The van der Waals surface area contributed by atoms with Crippen molar-refractivity contribution in [3.05, 3.63) is 90.5 Å². The number of hydrogen-bond donors (Lipinski definition) is 1. The fraction of sp³-hybridized carbons (Fsp3) is 0.185. The maximum atomic E-state index is 12.8. The molecule has 9 nitrogen and oxygen atoms in total. The molecule has 37 heavy (non-hydrogen) atoms. The number of ether oxygens (including phenoxy) is 3. The zero-order valence-electron chi connectivity index (χ0n) is 20.4. The van der Waals surface area contributed by atoms with Crippen LogP contribution in [0.3, 0.4) is 0 Å². The van der Waals surface area contributed by atoms with Crippen LogP contribution in [0.2, 0.25) is 0 Å². The maximum Gasteiger partial charge on any atom is 0.273 e. The molecule has 0 aliphatic rings. The molecule has 0 aromatic heterocycles. The second kappa shape index (κ2) is 12.7. The standard InChI is InChI=1S/C27H24IN3O6/c1-4-36-25-13-18(12-22(28)26(25)37-16-19-8-6-5-7-17(19)2)11-20(15-29)27(32)30-23-10-9-21(31(33)34)14-24(23)35-3/h5-14H,4,16H2,1-3H3,(H,30,32)/b20-11-. The van der Waals surface area contributed by atoms with Crippen LogP contribution in [0.1, 0.15) is 23.6 Å². The first-order valence-corrected chi connectivity index (χ1v) is 12.2. The normalized spacial score (nSPS) is 10.8. The van der Waals surface area contributed by atoms with Crippen LogP contribution in [-0.2, 0) is 11.4 Å². The van der Waals surface area contributed by atoms with Crippen LogP contribution in [0.5, 0.6) is 17.2 Å². The van der Waals surface area contributed by atoms with Crippen molar-refractivity contribution in [3.63, 3.8) is 0 Å². The van der Waals surface area contributed by atoms with E-state index in [4.69, 9.17) is 14.2 Å². The third kappa shape index (κ3) is 6.98. The highest BCUT2D eigenvalue weighted by Crippen LogP contribution is 2.36. The van der Waals surface area contributed by atoms with Gasteiger partial charge in [0.15, 0.2) is 11.5 Å². The molecule has 0 spiro atoms. The average molecular weight is 613 g/mol. The number of halogens is 1. The van der Waals surface area contributed by atoms with Gasteiger partial charge in [-0.05, 0) is 77.4 Å². The summed E-state index contributed by atoms with van der Waals surface area (Å²) in [5.41, 5.74) is 2.57. The number of nitriles is 1. The topological polar surface area (TPSA) is 124 Å². The maximum absolute atomic E-state index is 12.8. The minimum absolute atomic E-state index is 0.100. The number of amides is 1. The van der Waals surface area contributed by atoms with Crippen molar-refractivity contribution in [1.82, 2.24) is 0 Å². The van der Waals surface area contributed by atoms with E-state index in [1.807, 2.05) is 44.2 Å². The number of aryl methyl sites for hydroxylation is 1. The second-order valence-electron chi connectivity index (χ2n) is 7.74. The van der Waals surface area contributed by atoms with Crippen molar-refractivity contribution < 1.29 is 23.9 Å². The van der Waals surface area contributed by atoms with E-state index in [9.17, 15) is 20.2 Å². The van der Waals surface area contributed by atoms with Gasteiger partial charge in [-0.2, -0.15) is 5.26 Å². The highest BCUT2D eigenvalue weighted by Gasteiger charge is 2.17. The van der Waals surface area contributed by atoms with Crippen LogP contribution in [0, 0.1) is 31.9 Å². The Kier molecular flexibility index (Phi) is 9.45. The smallest absolute Gasteiger partial charge is 0.273 e. The van der Waals surface area contributed by atoms with Crippen LogP contribution in [0.4, 0.5) is 11.4 Å². The van der Waals surface area contributed by atoms with Gasteiger partial charge in [-0.1, -0.05) is 24.3 Å². The van der Waals surface area contributed by atoms with Crippen LogP contribution in [0.25, 0.3) is 6.08 Å². The molecule has 0 unspecified atom stereocenters. The quantitative estimate of drug-likeness (QED) is 0.0973. The Bertz CT molecular complexity index is 1400. The predicted octanol–water partition coefficient (Wildman–Crippen LogP) is 6.04. The van der Waals surface area contributed by atoms with E-state index in [1.165, 1.54) is 31.4 Å². The SMILES string of the molecule is CCOc1cc(/C=C(/C#N)C(=O)Nc2ccc([N+](=O)[O-])cc2OC)cc(I)c1OCc1ccccc1C. The Morgan fingerprint density at radius 2 is 1.92 bits per heavy atom. The molecule has 0 aliphatic carbocycles. The minimum Gasteiger partial charge on any atom is -0.494 e. The third-order valence-corrected chi connectivity index (χ3v) is 6.09. The summed E-state index contributed by atoms with van der Waals surface area (Å²) in [6.07, 6.45) is 1.43. The van der Waals surface area contributed by atoms with Gasteiger partial charge in [0.2, 0.25) is 0 Å². The van der Waals surface area contributed by atoms with E-state index in [2.05, 4.69) is 27.9 Å². The van der Waals surface area contributed by atoms with Crippen molar-refractivity contribution in [3.8, 4) is 23.3 Å². The first kappa shape index (κ1) is 27.5. The lowest BCUT2D eigenvalue weighted by Gasteiger charge is -2.16. The molecular weight excluding hydrogens is 589 g/mol. The summed E-state index contributed by atoms with van der Waals surface area (Å²) in [6.45, 7) is 4.63. The van der Waals surface area contributed by atoms with Gasteiger partial charge in [0, 0.05) is 6.07 Å². The van der Waals surface area contributed by atoms with Crippen molar-refractivity contribution >= 4 is 45.9 Å². The Balaban J connectivity index is 1.87. The Hall–Kier alpha value is -4.11. The van der Waals surface area contributed by atoms with E-state index in [0.717, 1.165) is 14.7 Å². The van der Waals surface area contributed by atoms with Crippen LogP contribution in [0.15, 0.2) is 60.2 Å². The van der Waals surface area contributed by atoms with Gasteiger partial charge in [0.25, 0.3) is 11.6 Å². The summed E-state index contributed by atoms with van der Waals surface area (Å²) in [5, 5.41) is 23.2. The first-order chi connectivity index (χ1) is 17.8. The number of carbonyl (C=O) groups excluding carboxylic acids is 1. The monoisotopic (exact) mass is 613 g/mol. The molecule has 0 radical (unpaired) electrons. The van der Waals surface area contributed by atoms with Gasteiger partial charge in [0.05, 0.1) is 34.0 Å². The van der Waals surface area contributed by atoms with E-state index in [-0.39, 0.29) is 22.7 Å². The number of carbonyl (C=O) groups is 1. The Morgan fingerprint density at radius 1 is 1.16 bits per heavy atom. The summed E-state index contributed by atoms with van der Waals surface area (Å²) in [5.74, 6) is 0.469. The largest absolute Gasteiger partial charge is 0.494 e. The molecule has 1 amide bonds. The second-order valence-corrected chi connectivity index (χ2v) is 8.91. The number of non-ortho nitro benzene ring substituents is 1. The summed E-state index contributed by atoms with van der Waals surface area (Å²) in [4.78, 5) is 23.3. The van der Waals surface area contributed by atoms with Crippen LogP contribution in [-0.4, -0.2) is 24.5 Å². The molecule has 0 saturated carbocycles. The summed E-state index contributed by atoms with van der Waals surface area (Å²) >= 11 is 2.13. The van der Waals surface area contributed by atoms with Gasteiger partial charge in [-0.15, -0.1) is 0 Å². The van der Waals surface area contributed by atoms with Crippen molar-refractivity contribution in [1.29, 1.82) is 5.26 Å². The predicted molar refractivity (Wildman–Crippen MR) is 148 cm³/mol. The number of nitrogens with zero attached hydrogens (tertiary/aromatic N) is 2. The number of nitro groups is 1. The summed E-state index contributed by atoms with van der Waals surface area (Å²) < 4.78 is 17.8. The van der Waals surface area contributed by atoms with Crippen LogP contribution < -0.4 is 19.5 Å². The zero-order chi connectivity index (χ0) is 26.9. The van der Waals surface area contributed by atoms with Crippen molar-refractivity contribution in [2.45, 2.75) is 20.5 Å². The van der Waals surface area contributed by atoms with E-state index in [0.29, 0.717) is 30.3 Å². The number of rotatable bonds is 10. The summed E-state index contributed by atoms with van der Waals surface area (Å²) in [6, 6.07) is 17.1. The molecule has 3 aromatic carbocycles. The fourth-order valence-electron chi connectivity index (χ4n) is 3.40. The molecule has 190 valence electrons. The van der Waals surface area contributed by atoms with Gasteiger partial charge in [-0.25, -0.2) is 0 Å². The first-order valence-electron chi connectivity index (χ1n) is 11.2. The van der Waals surface area contributed by atoms with Gasteiger partial charge < -0.3 is 19.5 Å². The number of nitro benzene ring substituents is 1. The van der Waals surface area contributed by atoms with Crippen LogP contribution >= 0.6 is 22.6 Å². The minimum atomic E-state index is -0.692. The highest BCUT2D eigenvalue weighted by molar-refractivity contribution is 14.1. The molecule has 0 bridgehead atoms. The molecule has 3 rings (SSSR count). The van der Waals surface area contributed by atoms with E-state index in [1.54, 1.807) is 12.1 Å². The molecule has 0 heterocycles. The molecule has 10 heteroatoms.